The third kappa shape index (κ3) is 2.97. The lowest BCUT2D eigenvalue weighted by Gasteiger charge is -2.35. The monoisotopic (exact) mass is 362 g/mol. The number of allylic oxidation sites excluding steroid dienone is 11. The summed E-state index contributed by atoms with van der Waals surface area (Å²) in [6.07, 6.45) is 16.1. The molecule has 0 saturated carbocycles. The highest BCUT2D eigenvalue weighted by molar-refractivity contribution is 5.94. The molecule has 1 aliphatic rings. The van der Waals surface area contributed by atoms with E-state index < -0.39 is 5.41 Å². The molecular formula is C28H26. The van der Waals surface area contributed by atoms with Crippen molar-refractivity contribution in [2.75, 3.05) is 0 Å². The first-order chi connectivity index (χ1) is 13.7. The molecule has 3 rings (SSSR count). The minimum atomic E-state index is -0.443. The van der Waals surface area contributed by atoms with E-state index in [0.29, 0.717) is 0 Å². The fourth-order valence-electron chi connectivity index (χ4n) is 4.26. The van der Waals surface area contributed by atoms with Gasteiger partial charge in [-0.2, -0.15) is 0 Å². The number of fused-ring (bicyclic) bond motifs is 1. The van der Waals surface area contributed by atoms with Crippen molar-refractivity contribution >= 4 is 5.57 Å². The number of hydrogen-bond acceptors (Lipinski definition) is 0. The SMILES string of the molecule is C=C/C=C\C(=C/C=C)C1(c2ccccc2)C(=C/C=C)/C(=C\C)c2ccccc21. The molecule has 138 valence electrons. The van der Waals surface area contributed by atoms with E-state index >= 15 is 0 Å². The maximum Gasteiger partial charge on any atom is 0.0713 e. The lowest BCUT2D eigenvalue weighted by atomic mass is 9.66. The Morgan fingerprint density at radius 2 is 1.57 bits per heavy atom. The average molecular weight is 363 g/mol. The van der Waals surface area contributed by atoms with Crippen LogP contribution in [0.25, 0.3) is 5.57 Å². The Hall–Kier alpha value is -3.38. The van der Waals surface area contributed by atoms with Crippen LogP contribution in [0.3, 0.4) is 0 Å². The summed E-state index contributed by atoms with van der Waals surface area (Å²) >= 11 is 0. The summed E-state index contributed by atoms with van der Waals surface area (Å²) < 4.78 is 0. The highest BCUT2D eigenvalue weighted by Crippen LogP contribution is 2.57. The fraction of sp³-hybridized carbons (Fsp3) is 0.0714. The third-order valence-electron chi connectivity index (χ3n) is 5.24. The zero-order valence-corrected chi connectivity index (χ0v) is 16.4. The topological polar surface area (TPSA) is 0 Å². The predicted molar refractivity (Wildman–Crippen MR) is 123 cm³/mol. The van der Waals surface area contributed by atoms with Crippen LogP contribution in [0.5, 0.6) is 0 Å². The quantitative estimate of drug-likeness (QED) is 0.471. The van der Waals surface area contributed by atoms with Crippen LogP contribution in [0.2, 0.25) is 0 Å². The zero-order chi connectivity index (χ0) is 20.0. The Kier molecular flexibility index (Phi) is 5.91. The van der Waals surface area contributed by atoms with E-state index in [1.54, 1.807) is 0 Å². The van der Waals surface area contributed by atoms with Gasteiger partial charge in [-0.1, -0.05) is 123 Å². The predicted octanol–water partition coefficient (Wildman–Crippen LogP) is 7.36. The van der Waals surface area contributed by atoms with Gasteiger partial charge in [-0.25, -0.2) is 0 Å². The van der Waals surface area contributed by atoms with Gasteiger partial charge >= 0.3 is 0 Å². The number of benzene rings is 2. The van der Waals surface area contributed by atoms with Gasteiger partial charge in [0, 0.05) is 0 Å². The molecule has 1 atom stereocenters. The molecule has 0 N–H and O–H groups in total. The molecule has 0 heterocycles. The molecule has 0 saturated heterocycles. The molecule has 0 aromatic heterocycles. The van der Waals surface area contributed by atoms with Crippen LogP contribution >= 0.6 is 0 Å². The van der Waals surface area contributed by atoms with Crippen molar-refractivity contribution in [2.24, 2.45) is 0 Å². The molecule has 0 amide bonds. The van der Waals surface area contributed by atoms with Gasteiger partial charge in [-0.15, -0.1) is 0 Å². The smallest absolute Gasteiger partial charge is 0.0713 e. The van der Waals surface area contributed by atoms with Crippen LogP contribution in [-0.4, -0.2) is 0 Å². The Morgan fingerprint density at radius 1 is 0.857 bits per heavy atom. The van der Waals surface area contributed by atoms with Gasteiger partial charge in [0.25, 0.3) is 0 Å². The van der Waals surface area contributed by atoms with Crippen LogP contribution in [0, 0.1) is 0 Å². The molecule has 2 aromatic carbocycles. The van der Waals surface area contributed by atoms with E-state index in [1.807, 2.05) is 24.3 Å². The molecule has 0 aliphatic heterocycles. The third-order valence-corrected chi connectivity index (χ3v) is 5.24. The van der Waals surface area contributed by atoms with Gasteiger partial charge < -0.3 is 0 Å². The van der Waals surface area contributed by atoms with Crippen LogP contribution in [-0.2, 0) is 5.41 Å². The first kappa shape index (κ1) is 19.4. The first-order valence-electron chi connectivity index (χ1n) is 9.53. The van der Waals surface area contributed by atoms with E-state index in [1.165, 1.54) is 27.8 Å². The molecule has 0 bridgehead atoms. The summed E-state index contributed by atoms with van der Waals surface area (Å²) in [4.78, 5) is 0. The molecule has 28 heavy (non-hydrogen) atoms. The van der Waals surface area contributed by atoms with Crippen molar-refractivity contribution in [1.29, 1.82) is 0 Å². The van der Waals surface area contributed by atoms with Crippen LogP contribution in [0.1, 0.15) is 23.6 Å². The van der Waals surface area contributed by atoms with E-state index in [2.05, 4.69) is 106 Å². The Labute approximate surface area is 168 Å². The van der Waals surface area contributed by atoms with E-state index in [4.69, 9.17) is 0 Å². The summed E-state index contributed by atoms with van der Waals surface area (Å²) in [7, 11) is 0. The lowest BCUT2D eigenvalue weighted by molar-refractivity contribution is 0.768. The molecule has 0 radical (unpaired) electrons. The number of rotatable bonds is 6. The molecule has 1 unspecified atom stereocenters. The van der Waals surface area contributed by atoms with Crippen molar-refractivity contribution in [2.45, 2.75) is 12.3 Å². The maximum absolute atomic E-state index is 4.01. The second-order valence-corrected chi connectivity index (χ2v) is 6.63. The van der Waals surface area contributed by atoms with Crippen LogP contribution in [0.4, 0.5) is 0 Å². The Balaban J connectivity index is 2.54. The Bertz CT molecular complexity index is 1010. The van der Waals surface area contributed by atoms with E-state index in [-0.39, 0.29) is 0 Å². The van der Waals surface area contributed by atoms with Crippen molar-refractivity contribution in [3.63, 3.8) is 0 Å². The van der Waals surface area contributed by atoms with Gasteiger partial charge in [-0.05, 0) is 40.3 Å². The zero-order valence-electron chi connectivity index (χ0n) is 16.4. The maximum atomic E-state index is 4.01. The minimum absolute atomic E-state index is 0.443. The molecule has 0 heteroatoms. The molecule has 0 fully saturated rings. The molecule has 1 aliphatic carbocycles. The molecule has 0 nitrogen and oxygen atoms in total. The van der Waals surface area contributed by atoms with Crippen molar-refractivity contribution in [3.8, 4) is 0 Å². The first-order valence-corrected chi connectivity index (χ1v) is 9.53. The highest BCUT2D eigenvalue weighted by atomic mass is 14.5. The second-order valence-electron chi connectivity index (χ2n) is 6.63. The van der Waals surface area contributed by atoms with E-state index in [0.717, 1.165) is 5.57 Å². The summed E-state index contributed by atoms with van der Waals surface area (Å²) in [6.45, 7) is 13.9. The normalized spacial score (nSPS) is 21.8. The van der Waals surface area contributed by atoms with Crippen LogP contribution in [0.15, 0.2) is 134 Å². The van der Waals surface area contributed by atoms with Crippen LogP contribution < -0.4 is 0 Å². The fourth-order valence-corrected chi connectivity index (χ4v) is 4.26. The second kappa shape index (κ2) is 8.54. The van der Waals surface area contributed by atoms with Crippen molar-refractivity contribution < 1.29 is 0 Å². The summed E-state index contributed by atoms with van der Waals surface area (Å²) in [5.41, 5.74) is 6.90. The average Bonchev–Trinajstić information content (AvgIpc) is 3.02. The lowest BCUT2D eigenvalue weighted by Crippen LogP contribution is -2.29. The highest BCUT2D eigenvalue weighted by Gasteiger charge is 2.48. The van der Waals surface area contributed by atoms with E-state index in [9.17, 15) is 0 Å². The molecular weight excluding hydrogens is 336 g/mol. The number of hydrogen-bond donors (Lipinski definition) is 0. The molecule has 2 aromatic rings. The van der Waals surface area contributed by atoms with Crippen molar-refractivity contribution in [3.05, 3.63) is 151 Å². The Morgan fingerprint density at radius 3 is 2.21 bits per heavy atom. The molecule has 0 spiro atoms. The van der Waals surface area contributed by atoms with Gasteiger partial charge in [0.2, 0.25) is 0 Å². The van der Waals surface area contributed by atoms with Gasteiger partial charge in [0.15, 0.2) is 0 Å². The van der Waals surface area contributed by atoms with Gasteiger partial charge in [-0.3, -0.25) is 0 Å². The van der Waals surface area contributed by atoms with Gasteiger partial charge in [0.1, 0.15) is 0 Å². The standard InChI is InChI=1S/C28H26/c1-5-9-17-22(15-6-2)28(23-18-11-10-12-19-23)26(16-7-3)24(8-4)25-20-13-14-21-27(25)28/h5-21H,1-3H2,4H3/b17-9-,22-15+,24-8-,26-16+. The minimum Gasteiger partial charge on any atom is -0.0991 e. The largest absolute Gasteiger partial charge is 0.0991 e. The van der Waals surface area contributed by atoms with Crippen molar-refractivity contribution in [1.82, 2.24) is 0 Å². The summed E-state index contributed by atoms with van der Waals surface area (Å²) in [6, 6.07) is 19.3. The summed E-state index contributed by atoms with van der Waals surface area (Å²) in [5, 5.41) is 0. The summed E-state index contributed by atoms with van der Waals surface area (Å²) in [5.74, 6) is 0. The van der Waals surface area contributed by atoms with Gasteiger partial charge in [0.05, 0.1) is 5.41 Å².